The monoisotopic (exact) mass is 131 g/mol. The van der Waals surface area contributed by atoms with Gasteiger partial charge in [-0.05, 0) is 19.3 Å². The van der Waals surface area contributed by atoms with Gasteiger partial charge in [-0.15, -0.1) is 0 Å². The zero-order valence-corrected chi connectivity index (χ0v) is 5.68. The number of hydroxylamine groups is 1. The quantitative estimate of drug-likeness (QED) is 0.532. The van der Waals surface area contributed by atoms with Crippen molar-refractivity contribution >= 4 is 0 Å². The van der Waals surface area contributed by atoms with Gasteiger partial charge in [-0.3, -0.25) is 0 Å². The first-order chi connectivity index (χ1) is 4.27. The molecule has 0 aromatic heterocycles. The van der Waals surface area contributed by atoms with E-state index in [0.29, 0.717) is 6.54 Å². The largest absolute Gasteiger partial charge is 0.388 e. The number of rotatable bonds is 3. The number of hydrogen-bond acceptors (Lipinski definition) is 3. The average Bonchev–Trinajstić information content (AvgIpc) is 1.79. The maximum absolute atomic E-state index is 9.40. The first-order valence-electron chi connectivity index (χ1n) is 3.25. The van der Waals surface area contributed by atoms with Gasteiger partial charge in [-0.25, -0.2) is 5.48 Å². The fraction of sp³-hybridized carbons (Fsp3) is 1.00. The van der Waals surface area contributed by atoms with Crippen LogP contribution in [0.1, 0.15) is 19.3 Å². The first-order valence-corrected chi connectivity index (χ1v) is 3.25. The summed E-state index contributed by atoms with van der Waals surface area (Å²) in [7, 11) is 1.56. The molecule has 0 atom stereocenters. The van der Waals surface area contributed by atoms with Crippen molar-refractivity contribution < 1.29 is 9.94 Å². The molecule has 0 amide bonds. The smallest absolute Gasteiger partial charge is 0.0794 e. The molecule has 0 aromatic rings. The van der Waals surface area contributed by atoms with Crippen molar-refractivity contribution in [3.05, 3.63) is 0 Å². The summed E-state index contributed by atoms with van der Waals surface area (Å²) in [4.78, 5) is 4.60. The van der Waals surface area contributed by atoms with Crippen LogP contribution in [0.5, 0.6) is 0 Å². The van der Waals surface area contributed by atoms with E-state index in [1.807, 2.05) is 0 Å². The molecule has 54 valence electrons. The third kappa shape index (κ3) is 1.64. The van der Waals surface area contributed by atoms with Gasteiger partial charge >= 0.3 is 0 Å². The Labute approximate surface area is 55.0 Å². The highest BCUT2D eigenvalue weighted by molar-refractivity contribution is 4.88. The molecule has 1 saturated carbocycles. The van der Waals surface area contributed by atoms with Gasteiger partial charge in [0.1, 0.15) is 0 Å². The molecule has 2 N–H and O–H groups in total. The Morgan fingerprint density at radius 2 is 2.33 bits per heavy atom. The van der Waals surface area contributed by atoms with Crippen molar-refractivity contribution in [2.45, 2.75) is 24.9 Å². The van der Waals surface area contributed by atoms with E-state index in [-0.39, 0.29) is 0 Å². The number of nitrogens with one attached hydrogen (secondary N) is 1. The lowest BCUT2D eigenvalue weighted by atomic mass is 9.80. The Morgan fingerprint density at radius 3 is 2.67 bits per heavy atom. The lowest BCUT2D eigenvalue weighted by molar-refractivity contribution is -0.0644. The third-order valence-corrected chi connectivity index (χ3v) is 1.83. The molecule has 3 nitrogen and oxygen atoms in total. The van der Waals surface area contributed by atoms with Crippen LogP contribution in [-0.2, 0) is 4.84 Å². The van der Waals surface area contributed by atoms with E-state index >= 15 is 0 Å². The van der Waals surface area contributed by atoms with Crippen LogP contribution in [0.4, 0.5) is 0 Å². The van der Waals surface area contributed by atoms with Gasteiger partial charge in [0.05, 0.1) is 12.7 Å². The maximum atomic E-state index is 9.40. The van der Waals surface area contributed by atoms with E-state index in [1.165, 1.54) is 0 Å². The predicted molar refractivity (Wildman–Crippen MR) is 33.8 cm³/mol. The Hall–Kier alpha value is -0.120. The third-order valence-electron chi connectivity index (χ3n) is 1.83. The molecule has 0 heterocycles. The normalized spacial score (nSPS) is 23.3. The van der Waals surface area contributed by atoms with E-state index in [1.54, 1.807) is 7.11 Å². The summed E-state index contributed by atoms with van der Waals surface area (Å²) in [5.74, 6) is 0. The van der Waals surface area contributed by atoms with Gasteiger partial charge in [0.25, 0.3) is 0 Å². The molecule has 0 radical (unpaired) electrons. The number of aliphatic hydroxyl groups is 1. The fourth-order valence-corrected chi connectivity index (χ4v) is 0.968. The molecule has 0 bridgehead atoms. The van der Waals surface area contributed by atoms with E-state index in [4.69, 9.17) is 0 Å². The van der Waals surface area contributed by atoms with Gasteiger partial charge < -0.3 is 9.94 Å². The summed E-state index contributed by atoms with van der Waals surface area (Å²) in [5, 5.41) is 9.40. The van der Waals surface area contributed by atoms with Crippen LogP contribution < -0.4 is 5.48 Å². The zero-order chi connectivity index (χ0) is 6.74. The molecule has 1 aliphatic rings. The topological polar surface area (TPSA) is 41.5 Å². The molecular weight excluding hydrogens is 118 g/mol. The van der Waals surface area contributed by atoms with Crippen molar-refractivity contribution in [1.82, 2.24) is 5.48 Å². The Morgan fingerprint density at radius 1 is 1.67 bits per heavy atom. The van der Waals surface area contributed by atoms with E-state index < -0.39 is 5.60 Å². The van der Waals surface area contributed by atoms with Crippen LogP contribution in [-0.4, -0.2) is 24.4 Å². The molecule has 1 rings (SSSR count). The second-order valence-electron chi connectivity index (χ2n) is 2.60. The van der Waals surface area contributed by atoms with Gasteiger partial charge in [-0.2, -0.15) is 0 Å². The van der Waals surface area contributed by atoms with Crippen molar-refractivity contribution in [2.24, 2.45) is 0 Å². The Kier molecular flexibility index (Phi) is 2.05. The second kappa shape index (κ2) is 2.64. The molecule has 0 spiro atoms. The van der Waals surface area contributed by atoms with Crippen LogP contribution in [0.25, 0.3) is 0 Å². The lowest BCUT2D eigenvalue weighted by Crippen LogP contribution is -2.45. The van der Waals surface area contributed by atoms with Crippen LogP contribution in [0.2, 0.25) is 0 Å². The van der Waals surface area contributed by atoms with Gasteiger partial charge in [0, 0.05) is 6.54 Å². The summed E-state index contributed by atoms with van der Waals surface area (Å²) in [6, 6.07) is 0. The maximum Gasteiger partial charge on any atom is 0.0794 e. The Balaban J connectivity index is 2.09. The standard InChI is InChI=1S/C6H13NO2/c1-9-7-5-6(8)3-2-4-6/h7-8H,2-5H2,1H3. The van der Waals surface area contributed by atoms with Crippen LogP contribution >= 0.6 is 0 Å². The number of hydrogen-bond donors (Lipinski definition) is 2. The molecule has 3 heteroatoms. The van der Waals surface area contributed by atoms with Crippen LogP contribution in [0.15, 0.2) is 0 Å². The molecule has 1 aliphatic carbocycles. The molecule has 9 heavy (non-hydrogen) atoms. The van der Waals surface area contributed by atoms with E-state index in [0.717, 1.165) is 19.3 Å². The molecule has 0 aliphatic heterocycles. The summed E-state index contributed by atoms with van der Waals surface area (Å²) < 4.78 is 0. The predicted octanol–water partition coefficient (Wildman–Crippen LogP) is 0.0524. The average molecular weight is 131 g/mol. The highest BCUT2D eigenvalue weighted by Gasteiger charge is 2.33. The van der Waals surface area contributed by atoms with Crippen molar-refractivity contribution in [2.75, 3.05) is 13.7 Å². The first kappa shape index (κ1) is 6.99. The summed E-state index contributed by atoms with van der Waals surface area (Å²) >= 11 is 0. The minimum atomic E-state index is -0.462. The van der Waals surface area contributed by atoms with Crippen LogP contribution in [0, 0.1) is 0 Å². The van der Waals surface area contributed by atoms with E-state index in [9.17, 15) is 5.11 Å². The molecule has 0 aromatic carbocycles. The minimum Gasteiger partial charge on any atom is -0.388 e. The van der Waals surface area contributed by atoms with Crippen molar-refractivity contribution in [1.29, 1.82) is 0 Å². The molecule has 0 unspecified atom stereocenters. The van der Waals surface area contributed by atoms with Gasteiger partial charge in [0.15, 0.2) is 0 Å². The second-order valence-corrected chi connectivity index (χ2v) is 2.60. The molecule has 0 saturated heterocycles. The van der Waals surface area contributed by atoms with Crippen molar-refractivity contribution in [3.63, 3.8) is 0 Å². The van der Waals surface area contributed by atoms with Gasteiger partial charge in [-0.1, -0.05) is 0 Å². The summed E-state index contributed by atoms with van der Waals surface area (Å²) in [6.07, 6.45) is 2.95. The molecular formula is C6H13NO2. The zero-order valence-electron chi connectivity index (χ0n) is 5.68. The Bertz CT molecular complexity index is 91.1. The highest BCUT2D eigenvalue weighted by Crippen LogP contribution is 2.30. The highest BCUT2D eigenvalue weighted by atomic mass is 16.6. The van der Waals surface area contributed by atoms with Gasteiger partial charge in [0.2, 0.25) is 0 Å². The summed E-state index contributed by atoms with van der Waals surface area (Å²) in [5.41, 5.74) is 2.18. The fourth-order valence-electron chi connectivity index (χ4n) is 0.968. The lowest BCUT2D eigenvalue weighted by Gasteiger charge is -2.36. The van der Waals surface area contributed by atoms with Crippen LogP contribution in [0.3, 0.4) is 0 Å². The van der Waals surface area contributed by atoms with E-state index in [2.05, 4.69) is 10.3 Å². The van der Waals surface area contributed by atoms with Crippen molar-refractivity contribution in [3.8, 4) is 0 Å². The summed E-state index contributed by atoms with van der Waals surface area (Å²) in [6.45, 7) is 0.559. The minimum absolute atomic E-state index is 0.462. The SMILES string of the molecule is CONCC1(O)CCC1. The molecule has 1 fully saturated rings.